The highest BCUT2D eigenvalue weighted by atomic mass is 19.3. The number of hydrogen-bond acceptors (Lipinski definition) is 1. The van der Waals surface area contributed by atoms with Crippen molar-refractivity contribution in [3.05, 3.63) is 113 Å². The van der Waals surface area contributed by atoms with Crippen LogP contribution in [0.3, 0.4) is 0 Å². The number of aryl methyl sites for hydroxylation is 4. The van der Waals surface area contributed by atoms with E-state index in [0.717, 1.165) is 67.1 Å². The van der Waals surface area contributed by atoms with Gasteiger partial charge in [0.25, 0.3) is 0 Å². The fraction of sp³-hybridized carbons (Fsp3) is 0.194. The monoisotopic (exact) mass is 602 g/mol. The molecule has 0 radical (unpaired) electrons. The maximum Gasteiger partial charge on any atom is 0.380 e. The lowest BCUT2D eigenvalue weighted by Crippen LogP contribution is -2.43. The van der Waals surface area contributed by atoms with E-state index in [1.807, 2.05) is 68.9 Å². The molecular formula is C36H26F6NO+. The van der Waals surface area contributed by atoms with E-state index >= 15 is 0 Å². The maximum atomic E-state index is 14.5. The number of fused-ring (bicyclic) bond motifs is 4. The zero-order valence-electron chi connectivity index (χ0n) is 24.2. The Hall–Kier alpha value is -4.59. The molecule has 7 rings (SSSR count). The number of alkyl halides is 6. The molecule has 0 N–H and O–H groups in total. The van der Waals surface area contributed by atoms with Crippen LogP contribution in [0, 0.1) is 20.8 Å². The van der Waals surface area contributed by atoms with Gasteiger partial charge in [-0.2, -0.15) is 26.3 Å². The van der Waals surface area contributed by atoms with Crippen molar-refractivity contribution in [2.45, 2.75) is 38.5 Å². The highest BCUT2D eigenvalue weighted by Crippen LogP contribution is 2.63. The number of benzene rings is 4. The maximum absolute atomic E-state index is 14.5. The molecule has 222 valence electrons. The van der Waals surface area contributed by atoms with Crippen LogP contribution in [0.2, 0.25) is 0 Å². The normalized spacial score (nSPS) is 16.5. The lowest BCUT2D eigenvalue weighted by molar-refractivity contribution is -0.660. The lowest BCUT2D eigenvalue weighted by Gasteiger charge is -2.23. The summed E-state index contributed by atoms with van der Waals surface area (Å²) >= 11 is 0. The van der Waals surface area contributed by atoms with Gasteiger partial charge in [0.05, 0.1) is 5.56 Å². The molecule has 0 fully saturated rings. The van der Waals surface area contributed by atoms with E-state index in [0.29, 0.717) is 11.6 Å². The minimum Gasteiger partial charge on any atom is -0.455 e. The number of nitrogens with zero attached hydrogens (tertiary/aromatic N) is 1. The summed E-state index contributed by atoms with van der Waals surface area (Å²) < 4.78 is 93.8. The summed E-state index contributed by atoms with van der Waals surface area (Å²) in [6.07, 6.45) is 2.03. The van der Waals surface area contributed by atoms with Gasteiger partial charge in [0, 0.05) is 33.5 Å². The number of furan rings is 1. The topological polar surface area (TPSA) is 17.0 Å². The second kappa shape index (κ2) is 9.21. The van der Waals surface area contributed by atoms with Gasteiger partial charge in [0.2, 0.25) is 5.69 Å². The van der Waals surface area contributed by atoms with Crippen molar-refractivity contribution in [2.24, 2.45) is 7.05 Å². The molecule has 2 nitrogen and oxygen atoms in total. The second-order valence-corrected chi connectivity index (χ2v) is 11.6. The second-order valence-electron chi connectivity index (χ2n) is 11.6. The van der Waals surface area contributed by atoms with Crippen LogP contribution >= 0.6 is 0 Å². The summed E-state index contributed by atoms with van der Waals surface area (Å²) in [5, 5.41) is 2.04. The summed E-state index contributed by atoms with van der Waals surface area (Å²) in [4.78, 5) is 0. The molecule has 44 heavy (non-hydrogen) atoms. The van der Waals surface area contributed by atoms with Crippen molar-refractivity contribution in [1.29, 1.82) is 0 Å². The van der Waals surface area contributed by atoms with Gasteiger partial charge in [-0.3, -0.25) is 0 Å². The quantitative estimate of drug-likeness (QED) is 0.146. The molecule has 6 aromatic rings. The Kier molecular flexibility index (Phi) is 5.90. The molecule has 0 unspecified atom stereocenters. The van der Waals surface area contributed by atoms with Gasteiger partial charge < -0.3 is 4.42 Å². The third kappa shape index (κ3) is 3.72. The minimum absolute atomic E-state index is 0.149. The first kappa shape index (κ1) is 28.2. The van der Waals surface area contributed by atoms with Crippen molar-refractivity contribution in [2.75, 3.05) is 0 Å². The lowest BCUT2D eigenvalue weighted by atomic mass is 9.91. The Morgan fingerprint density at radius 1 is 0.614 bits per heavy atom. The highest BCUT2D eigenvalue weighted by Gasteiger charge is 2.79. The summed E-state index contributed by atoms with van der Waals surface area (Å²) in [5.41, 5.74) is 6.03. The molecular weight excluding hydrogens is 576 g/mol. The first-order valence-corrected chi connectivity index (χ1v) is 14.1. The molecule has 0 amide bonds. The Balaban J connectivity index is 1.34. The van der Waals surface area contributed by atoms with Crippen LogP contribution < -0.4 is 4.57 Å². The molecule has 8 heteroatoms. The SMILES string of the molecule is Cc1cc(-c2ccc3c(c2)C(F)(F)C(F)(F)C3(F)F)ccc1-c1cc(-c2c(C)ccc3c2oc2ccccc23)[n+](C)cc1C. The average molecular weight is 603 g/mol. The third-order valence-corrected chi connectivity index (χ3v) is 8.82. The van der Waals surface area contributed by atoms with Gasteiger partial charge in [-0.05, 0) is 66.3 Å². The largest absolute Gasteiger partial charge is 0.455 e. The molecule has 0 atom stereocenters. The van der Waals surface area contributed by atoms with Crippen molar-refractivity contribution < 1.29 is 35.3 Å². The van der Waals surface area contributed by atoms with Crippen molar-refractivity contribution in [3.8, 4) is 33.5 Å². The molecule has 0 saturated heterocycles. The predicted octanol–water partition coefficient (Wildman–Crippen LogP) is 10.2. The Morgan fingerprint density at radius 3 is 2.05 bits per heavy atom. The first-order valence-electron chi connectivity index (χ1n) is 14.1. The van der Waals surface area contributed by atoms with E-state index in [9.17, 15) is 26.3 Å². The highest BCUT2D eigenvalue weighted by molar-refractivity contribution is 6.09. The predicted molar refractivity (Wildman–Crippen MR) is 158 cm³/mol. The number of hydrogen-bond donors (Lipinski definition) is 0. The van der Waals surface area contributed by atoms with Crippen molar-refractivity contribution >= 4 is 21.9 Å². The van der Waals surface area contributed by atoms with Crippen LogP contribution in [0.5, 0.6) is 0 Å². The van der Waals surface area contributed by atoms with Gasteiger partial charge in [-0.1, -0.05) is 60.7 Å². The standard InChI is InChI=1S/C36H26F6NO/c1-19-9-12-26-25-7-5-6-8-31(25)44-33(26)32(19)30-17-27(21(3)18-43(30)4)24-13-10-22(15-20(24)2)23-11-14-28-29(16-23)35(39,40)36(41,42)34(28,37)38/h5-18H,1-4H3/q+1. The Bertz CT molecular complexity index is 2160. The number of aromatic nitrogens is 1. The Morgan fingerprint density at radius 2 is 1.30 bits per heavy atom. The summed E-state index contributed by atoms with van der Waals surface area (Å²) in [5.74, 6) is -15.5. The fourth-order valence-electron chi connectivity index (χ4n) is 6.46. The van der Waals surface area contributed by atoms with Crippen molar-refractivity contribution in [1.82, 2.24) is 0 Å². The zero-order valence-corrected chi connectivity index (χ0v) is 24.2. The molecule has 1 aliphatic carbocycles. The van der Waals surface area contributed by atoms with Crippen LogP contribution in [0.4, 0.5) is 26.3 Å². The molecule has 2 heterocycles. The Labute approximate surface area is 249 Å². The number of para-hydroxylation sites is 1. The molecule has 0 saturated carbocycles. The number of rotatable bonds is 3. The van der Waals surface area contributed by atoms with E-state index in [4.69, 9.17) is 4.42 Å². The van der Waals surface area contributed by atoms with Crippen LogP contribution in [0.25, 0.3) is 55.4 Å². The van der Waals surface area contributed by atoms with Crippen LogP contribution in [-0.4, -0.2) is 5.92 Å². The number of pyridine rings is 1. The van der Waals surface area contributed by atoms with Gasteiger partial charge in [-0.25, -0.2) is 4.57 Å². The van der Waals surface area contributed by atoms with E-state index in [1.54, 1.807) is 12.1 Å². The summed E-state index contributed by atoms with van der Waals surface area (Å²) in [7, 11) is 1.97. The minimum atomic E-state index is -5.51. The summed E-state index contributed by atoms with van der Waals surface area (Å²) in [6, 6.07) is 22.0. The average Bonchev–Trinajstić information content (AvgIpc) is 3.40. The molecule has 1 aliphatic rings. The first-order chi connectivity index (χ1) is 20.7. The van der Waals surface area contributed by atoms with Gasteiger partial charge in [0.1, 0.15) is 18.2 Å². The van der Waals surface area contributed by atoms with Crippen molar-refractivity contribution in [3.63, 3.8) is 0 Å². The van der Waals surface area contributed by atoms with E-state index in [2.05, 4.69) is 18.2 Å². The van der Waals surface area contributed by atoms with E-state index in [-0.39, 0.29) is 5.56 Å². The smallest absolute Gasteiger partial charge is 0.380 e. The van der Waals surface area contributed by atoms with E-state index < -0.39 is 28.9 Å². The van der Waals surface area contributed by atoms with Gasteiger partial charge in [-0.15, -0.1) is 0 Å². The van der Waals surface area contributed by atoms with E-state index in [1.165, 1.54) is 6.07 Å². The van der Waals surface area contributed by atoms with Crippen LogP contribution in [0.1, 0.15) is 27.8 Å². The molecule has 0 spiro atoms. The van der Waals surface area contributed by atoms with Gasteiger partial charge in [0.15, 0.2) is 6.20 Å². The van der Waals surface area contributed by atoms with Gasteiger partial charge >= 0.3 is 17.8 Å². The van der Waals surface area contributed by atoms with Crippen LogP contribution in [0.15, 0.2) is 89.5 Å². The zero-order chi connectivity index (χ0) is 31.3. The third-order valence-electron chi connectivity index (χ3n) is 8.82. The molecule has 0 aliphatic heterocycles. The molecule has 2 aromatic heterocycles. The number of halogens is 6. The molecule has 4 aromatic carbocycles. The molecule has 0 bridgehead atoms. The summed E-state index contributed by atoms with van der Waals surface area (Å²) in [6.45, 7) is 5.89. The van der Waals surface area contributed by atoms with Crippen LogP contribution in [-0.2, 0) is 18.9 Å². The fourth-order valence-corrected chi connectivity index (χ4v) is 6.46.